The molecular weight excluding hydrogens is 222 g/mol. The second kappa shape index (κ2) is 3.65. The Hall–Kier alpha value is 0.200. The van der Waals surface area contributed by atoms with Crippen LogP contribution in [0.5, 0.6) is 0 Å². The summed E-state index contributed by atoms with van der Waals surface area (Å²) in [5, 5.41) is -0.229. The maximum Gasteiger partial charge on any atom is 0.155 e. The van der Waals surface area contributed by atoms with Gasteiger partial charge in [-0.05, 0) is 31.0 Å². The van der Waals surface area contributed by atoms with Crippen LogP contribution in [-0.2, 0) is 9.84 Å². The van der Waals surface area contributed by atoms with Gasteiger partial charge in [0.15, 0.2) is 9.84 Å². The van der Waals surface area contributed by atoms with Crippen LogP contribution >= 0.6 is 11.8 Å². The van der Waals surface area contributed by atoms with Crippen molar-refractivity contribution in [1.82, 2.24) is 4.84 Å². The number of nitrogens with one attached hydrogen (secondary N) is 1. The zero-order valence-corrected chi connectivity index (χ0v) is 9.70. The second-order valence-electron chi connectivity index (χ2n) is 4.46. The number of halogens is 1. The monoisotopic (exact) mass is 237 g/mol. The van der Waals surface area contributed by atoms with E-state index in [2.05, 4.69) is 4.84 Å². The van der Waals surface area contributed by atoms with Crippen LogP contribution in [-0.4, -0.2) is 25.0 Å². The fraction of sp³-hybridized carbons (Fsp3) is 1.00. The highest BCUT2D eigenvalue weighted by atomic mass is 35.5. The van der Waals surface area contributed by atoms with Crippen molar-refractivity contribution in [2.75, 3.05) is 5.75 Å². The maximum atomic E-state index is 11.6. The predicted octanol–water partition coefficient (Wildman–Crippen LogP) is 1.62. The largest absolute Gasteiger partial charge is 0.228 e. The Bertz CT molecular complexity index is 309. The van der Waals surface area contributed by atoms with Crippen molar-refractivity contribution < 1.29 is 8.42 Å². The second-order valence-corrected chi connectivity index (χ2v) is 6.95. The van der Waals surface area contributed by atoms with Crippen molar-refractivity contribution in [3.05, 3.63) is 0 Å². The lowest BCUT2D eigenvalue weighted by molar-refractivity contribution is 0.246. The van der Waals surface area contributed by atoms with E-state index in [4.69, 9.17) is 11.8 Å². The lowest BCUT2D eigenvalue weighted by atomic mass is 9.79. The first-order valence-corrected chi connectivity index (χ1v) is 7.29. The van der Waals surface area contributed by atoms with E-state index in [0.29, 0.717) is 5.75 Å². The van der Waals surface area contributed by atoms with Gasteiger partial charge in [-0.3, -0.25) is 0 Å². The van der Waals surface area contributed by atoms with Crippen LogP contribution in [0.4, 0.5) is 0 Å². The summed E-state index contributed by atoms with van der Waals surface area (Å²) >= 11 is 5.76. The number of hydrogen-bond donors (Lipinski definition) is 1. The van der Waals surface area contributed by atoms with E-state index >= 15 is 0 Å². The normalized spacial score (nSPS) is 34.8. The highest BCUT2D eigenvalue weighted by Crippen LogP contribution is 2.40. The number of sulfone groups is 1. The minimum atomic E-state index is -2.84. The fourth-order valence-corrected chi connectivity index (χ4v) is 4.93. The molecule has 0 aromatic heterocycles. The van der Waals surface area contributed by atoms with E-state index in [1.165, 1.54) is 6.42 Å². The van der Waals surface area contributed by atoms with Gasteiger partial charge in [0.1, 0.15) is 0 Å². The van der Waals surface area contributed by atoms with E-state index in [-0.39, 0.29) is 10.8 Å². The molecule has 1 N–H and O–H groups in total. The molecular formula is C9H16ClNO2S. The Morgan fingerprint density at radius 1 is 1.21 bits per heavy atom. The first-order valence-electron chi connectivity index (χ1n) is 5.20. The molecule has 2 aliphatic rings. The minimum Gasteiger partial charge on any atom is -0.228 e. The van der Waals surface area contributed by atoms with Gasteiger partial charge in [-0.1, -0.05) is 19.3 Å². The van der Waals surface area contributed by atoms with E-state index < -0.39 is 9.84 Å². The summed E-state index contributed by atoms with van der Waals surface area (Å²) < 4.78 is 23.2. The van der Waals surface area contributed by atoms with Gasteiger partial charge in [0.2, 0.25) is 0 Å². The fourth-order valence-electron chi connectivity index (χ4n) is 2.71. The van der Waals surface area contributed by atoms with E-state index in [1.54, 1.807) is 0 Å². The molecule has 0 amide bonds. The lowest BCUT2D eigenvalue weighted by Crippen LogP contribution is -2.60. The molecule has 0 radical (unpaired) electrons. The van der Waals surface area contributed by atoms with Gasteiger partial charge in [0.25, 0.3) is 0 Å². The summed E-state index contributed by atoms with van der Waals surface area (Å²) in [6.07, 6.45) is 5.97. The predicted molar refractivity (Wildman–Crippen MR) is 57.0 cm³/mol. The molecule has 1 saturated heterocycles. The van der Waals surface area contributed by atoms with Crippen LogP contribution in [0.2, 0.25) is 0 Å². The molecule has 1 heterocycles. The van der Waals surface area contributed by atoms with Crippen molar-refractivity contribution in [2.24, 2.45) is 0 Å². The van der Waals surface area contributed by atoms with Gasteiger partial charge in [0, 0.05) is 5.54 Å². The summed E-state index contributed by atoms with van der Waals surface area (Å²) in [5.74, 6) is 0.345. The first kappa shape index (κ1) is 10.7. The maximum absolute atomic E-state index is 11.6. The van der Waals surface area contributed by atoms with Crippen molar-refractivity contribution in [1.29, 1.82) is 0 Å². The van der Waals surface area contributed by atoms with E-state index in [9.17, 15) is 8.42 Å². The number of rotatable bonds is 2. The summed E-state index contributed by atoms with van der Waals surface area (Å²) in [7, 11) is -2.84. The van der Waals surface area contributed by atoms with Crippen LogP contribution in [0.3, 0.4) is 0 Å². The summed E-state index contributed by atoms with van der Waals surface area (Å²) in [4.78, 5) is 2.77. The molecule has 2 rings (SSSR count). The highest BCUT2D eigenvalue weighted by Gasteiger charge is 2.51. The minimum absolute atomic E-state index is 0.229. The van der Waals surface area contributed by atoms with Crippen molar-refractivity contribution >= 4 is 21.6 Å². The quantitative estimate of drug-likeness (QED) is 0.743. The highest BCUT2D eigenvalue weighted by molar-refractivity contribution is 7.93. The molecule has 3 nitrogen and oxygen atoms in total. The smallest absolute Gasteiger partial charge is 0.155 e. The van der Waals surface area contributed by atoms with E-state index in [0.717, 1.165) is 32.1 Å². The summed E-state index contributed by atoms with van der Waals surface area (Å²) in [5.41, 5.74) is -0.323. The van der Waals surface area contributed by atoms with E-state index in [1.807, 2.05) is 0 Å². The van der Waals surface area contributed by atoms with Crippen LogP contribution < -0.4 is 4.84 Å². The number of hydrogen-bond acceptors (Lipinski definition) is 3. The molecule has 1 atom stereocenters. The van der Waals surface area contributed by atoms with Crippen LogP contribution in [0.15, 0.2) is 0 Å². The molecule has 1 aliphatic carbocycles. The zero-order valence-electron chi connectivity index (χ0n) is 8.13. The Morgan fingerprint density at radius 2 is 1.86 bits per heavy atom. The van der Waals surface area contributed by atoms with Crippen LogP contribution in [0, 0.1) is 0 Å². The summed E-state index contributed by atoms with van der Waals surface area (Å²) in [6.45, 7) is 0. The Kier molecular flexibility index (Phi) is 2.79. The van der Waals surface area contributed by atoms with Gasteiger partial charge < -0.3 is 0 Å². The van der Waals surface area contributed by atoms with Crippen molar-refractivity contribution in [2.45, 2.75) is 49.3 Å². The molecule has 1 saturated carbocycles. The summed E-state index contributed by atoms with van der Waals surface area (Å²) in [6, 6.07) is 0. The molecule has 0 aromatic rings. The molecule has 1 aliphatic heterocycles. The Balaban J connectivity index is 2.19. The third-order valence-electron chi connectivity index (χ3n) is 3.65. The Morgan fingerprint density at radius 3 is 2.21 bits per heavy atom. The molecule has 0 unspecified atom stereocenters. The average molecular weight is 238 g/mol. The third-order valence-corrected chi connectivity index (χ3v) is 6.38. The van der Waals surface area contributed by atoms with Gasteiger partial charge in [0.05, 0.1) is 11.0 Å². The lowest BCUT2D eigenvalue weighted by Gasteiger charge is -2.45. The molecule has 0 aromatic carbocycles. The first-order chi connectivity index (χ1) is 6.61. The molecule has 14 heavy (non-hydrogen) atoms. The SMILES string of the molecule is O=S1(=O)CC[C@H]1C1(NCl)CCCCC1. The molecule has 0 bridgehead atoms. The van der Waals surface area contributed by atoms with Gasteiger partial charge in [-0.15, -0.1) is 0 Å². The van der Waals surface area contributed by atoms with Gasteiger partial charge in [-0.2, -0.15) is 0 Å². The molecule has 5 heteroatoms. The van der Waals surface area contributed by atoms with Crippen molar-refractivity contribution in [3.63, 3.8) is 0 Å². The van der Waals surface area contributed by atoms with Crippen molar-refractivity contribution in [3.8, 4) is 0 Å². The molecule has 0 spiro atoms. The Labute approximate surface area is 90.2 Å². The topological polar surface area (TPSA) is 46.2 Å². The average Bonchev–Trinajstić information content (AvgIpc) is 2.18. The standard InChI is InChI=1S/C9H16ClNO2S/c10-11-9(5-2-1-3-6-9)8-4-7-14(8,12)13/h8,11H,1-7H2/t8-/m0/s1. The van der Waals surface area contributed by atoms with Gasteiger partial charge in [-0.25, -0.2) is 13.3 Å². The molecule has 2 fully saturated rings. The van der Waals surface area contributed by atoms with Gasteiger partial charge >= 0.3 is 0 Å². The van der Waals surface area contributed by atoms with Crippen LogP contribution in [0.1, 0.15) is 38.5 Å². The zero-order chi connectivity index (χ0) is 10.2. The van der Waals surface area contributed by atoms with Crippen LogP contribution in [0.25, 0.3) is 0 Å². The third kappa shape index (κ3) is 1.57. The molecule has 82 valence electrons.